The van der Waals surface area contributed by atoms with Crippen molar-refractivity contribution >= 4 is 18.0 Å². The van der Waals surface area contributed by atoms with Gasteiger partial charge in [-0.05, 0) is 49.7 Å². The molecule has 142 valence electrons. The number of ether oxygens (including phenoxy) is 2. The first-order chi connectivity index (χ1) is 13.0. The predicted molar refractivity (Wildman–Crippen MR) is 103 cm³/mol. The quantitative estimate of drug-likeness (QED) is 0.552. The topological polar surface area (TPSA) is 89.0 Å². The molecule has 0 atom stereocenters. The molecule has 0 aromatic heterocycles. The summed E-state index contributed by atoms with van der Waals surface area (Å²) in [5, 5.41) is 6.61. The van der Waals surface area contributed by atoms with Gasteiger partial charge in [0, 0.05) is 12.1 Å². The number of hydrogen-bond donors (Lipinski definition) is 2. The van der Waals surface area contributed by atoms with Gasteiger partial charge in [0.15, 0.2) is 18.1 Å². The Morgan fingerprint density at radius 3 is 2.52 bits per heavy atom. The number of hydrogen-bond acceptors (Lipinski definition) is 5. The van der Waals surface area contributed by atoms with Gasteiger partial charge in [-0.1, -0.05) is 17.7 Å². The number of nitrogens with one attached hydrogen (secondary N) is 2. The van der Waals surface area contributed by atoms with Crippen LogP contribution in [0.15, 0.2) is 47.6 Å². The maximum absolute atomic E-state index is 12.0. The van der Waals surface area contributed by atoms with E-state index in [2.05, 4.69) is 15.8 Å². The van der Waals surface area contributed by atoms with E-state index in [-0.39, 0.29) is 18.4 Å². The first kappa shape index (κ1) is 20.0. The molecule has 2 N–H and O–H groups in total. The van der Waals surface area contributed by atoms with Crippen molar-refractivity contribution < 1.29 is 19.1 Å². The Bertz CT molecular complexity index is 816. The lowest BCUT2D eigenvalue weighted by atomic mass is 10.1. The highest BCUT2D eigenvalue weighted by Crippen LogP contribution is 2.27. The van der Waals surface area contributed by atoms with Crippen molar-refractivity contribution in [2.45, 2.75) is 13.8 Å². The second-order valence-electron chi connectivity index (χ2n) is 5.72. The molecule has 0 saturated heterocycles. The maximum atomic E-state index is 12.0. The Morgan fingerprint density at radius 2 is 1.85 bits per heavy atom. The van der Waals surface area contributed by atoms with Crippen molar-refractivity contribution in [3.05, 3.63) is 59.2 Å². The molecule has 0 spiro atoms. The van der Waals surface area contributed by atoms with Crippen LogP contribution in [-0.2, 0) is 4.79 Å². The van der Waals surface area contributed by atoms with Crippen LogP contribution in [0.2, 0.25) is 0 Å². The van der Waals surface area contributed by atoms with Crippen molar-refractivity contribution in [1.82, 2.24) is 10.7 Å². The van der Waals surface area contributed by atoms with Gasteiger partial charge in [-0.25, -0.2) is 5.43 Å². The molecule has 0 saturated carbocycles. The lowest BCUT2D eigenvalue weighted by molar-refractivity contribution is -0.123. The van der Waals surface area contributed by atoms with Crippen LogP contribution in [0.1, 0.15) is 28.4 Å². The minimum atomic E-state index is -0.292. The zero-order valence-corrected chi connectivity index (χ0v) is 15.6. The minimum Gasteiger partial charge on any atom is -0.493 e. The smallest absolute Gasteiger partial charge is 0.271 e. The van der Waals surface area contributed by atoms with Gasteiger partial charge >= 0.3 is 0 Å². The molecule has 7 heteroatoms. The standard InChI is InChI=1S/C20H23N3O4/c1-4-21-19(24)13-27-17-10-7-15(11-18(17)26-3)12-22-23-20(25)16-8-5-14(2)6-9-16/h5-12H,4,13H2,1-3H3,(H,21,24)(H,23,25)/b22-12-. The highest BCUT2D eigenvalue weighted by molar-refractivity contribution is 5.94. The fraction of sp³-hybridized carbons (Fsp3) is 0.250. The first-order valence-electron chi connectivity index (χ1n) is 8.51. The summed E-state index contributed by atoms with van der Waals surface area (Å²) in [4.78, 5) is 23.5. The number of amides is 2. The molecule has 2 rings (SSSR count). The summed E-state index contributed by atoms with van der Waals surface area (Å²) in [5.41, 5.74) is 4.80. The molecule has 0 aliphatic heterocycles. The molecule has 2 amide bonds. The van der Waals surface area contributed by atoms with Gasteiger partial charge in [-0.2, -0.15) is 5.10 Å². The largest absolute Gasteiger partial charge is 0.493 e. The Morgan fingerprint density at radius 1 is 1.11 bits per heavy atom. The summed E-state index contributed by atoms with van der Waals surface area (Å²) < 4.78 is 10.7. The monoisotopic (exact) mass is 369 g/mol. The average Bonchev–Trinajstić information content (AvgIpc) is 2.67. The number of methoxy groups -OCH3 is 1. The molecular weight excluding hydrogens is 346 g/mol. The zero-order valence-electron chi connectivity index (χ0n) is 15.6. The van der Waals surface area contributed by atoms with E-state index in [4.69, 9.17) is 9.47 Å². The van der Waals surface area contributed by atoms with Crippen LogP contribution in [0.3, 0.4) is 0 Å². The van der Waals surface area contributed by atoms with Gasteiger partial charge in [-0.3, -0.25) is 9.59 Å². The molecule has 27 heavy (non-hydrogen) atoms. The van der Waals surface area contributed by atoms with Crippen molar-refractivity contribution in [2.24, 2.45) is 5.10 Å². The van der Waals surface area contributed by atoms with Gasteiger partial charge < -0.3 is 14.8 Å². The first-order valence-corrected chi connectivity index (χ1v) is 8.51. The van der Waals surface area contributed by atoms with Crippen LogP contribution >= 0.6 is 0 Å². The highest BCUT2D eigenvalue weighted by atomic mass is 16.5. The van der Waals surface area contributed by atoms with E-state index in [0.29, 0.717) is 29.2 Å². The molecule has 0 bridgehead atoms. The predicted octanol–water partition coefficient (Wildman–Crippen LogP) is 2.28. The van der Waals surface area contributed by atoms with Crippen LogP contribution in [-0.4, -0.2) is 38.3 Å². The summed E-state index contributed by atoms with van der Waals surface area (Å²) in [6, 6.07) is 12.3. The van der Waals surface area contributed by atoms with Crippen LogP contribution < -0.4 is 20.2 Å². The third kappa shape index (κ3) is 6.14. The number of carbonyl (C=O) groups is 2. The summed E-state index contributed by atoms with van der Waals surface area (Å²) in [6.45, 7) is 4.24. The third-order valence-corrected chi connectivity index (χ3v) is 3.61. The van der Waals surface area contributed by atoms with E-state index in [1.54, 1.807) is 30.3 Å². The Kier molecular flexibility index (Phi) is 7.37. The number of carbonyl (C=O) groups excluding carboxylic acids is 2. The maximum Gasteiger partial charge on any atom is 0.271 e. The minimum absolute atomic E-state index is 0.0930. The molecule has 2 aromatic rings. The highest BCUT2D eigenvalue weighted by Gasteiger charge is 2.08. The van der Waals surface area contributed by atoms with E-state index in [9.17, 15) is 9.59 Å². The van der Waals surface area contributed by atoms with Crippen molar-refractivity contribution in [1.29, 1.82) is 0 Å². The van der Waals surface area contributed by atoms with Crippen LogP contribution in [0.25, 0.3) is 0 Å². The number of nitrogens with zero attached hydrogens (tertiary/aromatic N) is 1. The number of aryl methyl sites for hydroxylation is 1. The second kappa shape index (κ2) is 9.96. The summed E-state index contributed by atoms with van der Waals surface area (Å²) in [5.74, 6) is 0.418. The van der Waals surface area contributed by atoms with Crippen LogP contribution in [0.4, 0.5) is 0 Å². The molecule has 0 aliphatic rings. The van der Waals surface area contributed by atoms with Gasteiger partial charge in [0.25, 0.3) is 11.8 Å². The van der Waals surface area contributed by atoms with E-state index in [1.807, 2.05) is 26.0 Å². The lowest BCUT2D eigenvalue weighted by Crippen LogP contribution is -2.28. The molecule has 7 nitrogen and oxygen atoms in total. The summed E-state index contributed by atoms with van der Waals surface area (Å²) in [7, 11) is 1.51. The summed E-state index contributed by atoms with van der Waals surface area (Å²) in [6.07, 6.45) is 1.50. The van der Waals surface area contributed by atoms with E-state index in [0.717, 1.165) is 5.56 Å². The van der Waals surface area contributed by atoms with Crippen molar-refractivity contribution in [3.63, 3.8) is 0 Å². The number of rotatable bonds is 8. The fourth-order valence-corrected chi connectivity index (χ4v) is 2.21. The zero-order chi connectivity index (χ0) is 19.6. The Hall–Kier alpha value is -3.35. The van der Waals surface area contributed by atoms with Gasteiger partial charge in [0.1, 0.15) is 0 Å². The molecule has 0 aliphatic carbocycles. The molecule has 0 radical (unpaired) electrons. The number of likely N-dealkylation sites (N-methyl/N-ethyl adjacent to an activating group) is 1. The summed E-state index contributed by atoms with van der Waals surface area (Å²) >= 11 is 0. The Labute approximate surface area is 158 Å². The Balaban J connectivity index is 1.97. The van der Waals surface area contributed by atoms with Gasteiger partial charge in [-0.15, -0.1) is 0 Å². The van der Waals surface area contributed by atoms with Crippen molar-refractivity contribution in [2.75, 3.05) is 20.3 Å². The second-order valence-corrected chi connectivity index (χ2v) is 5.72. The van der Waals surface area contributed by atoms with Gasteiger partial charge in [0.05, 0.1) is 13.3 Å². The molecular formula is C20H23N3O4. The SMILES string of the molecule is CCNC(=O)COc1ccc(/C=N\NC(=O)c2ccc(C)cc2)cc1OC. The van der Waals surface area contributed by atoms with Crippen molar-refractivity contribution in [3.8, 4) is 11.5 Å². The third-order valence-electron chi connectivity index (χ3n) is 3.61. The van der Waals surface area contributed by atoms with E-state index >= 15 is 0 Å². The van der Waals surface area contributed by atoms with E-state index < -0.39 is 0 Å². The number of benzene rings is 2. The van der Waals surface area contributed by atoms with E-state index in [1.165, 1.54) is 13.3 Å². The fourth-order valence-electron chi connectivity index (χ4n) is 2.21. The molecule has 2 aromatic carbocycles. The molecule has 0 fully saturated rings. The number of hydrazone groups is 1. The lowest BCUT2D eigenvalue weighted by Gasteiger charge is -2.11. The molecule has 0 heterocycles. The normalized spacial score (nSPS) is 10.5. The average molecular weight is 369 g/mol. The molecule has 0 unspecified atom stereocenters. The van der Waals surface area contributed by atoms with Crippen LogP contribution in [0, 0.1) is 6.92 Å². The van der Waals surface area contributed by atoms with Gasteiger partial charge in [0.2, 0.25) is 0 Å². The van der Waals surface area contributed by atoms with Crippen LogP contribution in [0.5, 0.6) is 11.5 Å².